The number of esters is 2. The van der Waals surface area contributed by atoms with Gasteiger partial charge in [0.1, 0.15) is 11.4 Å². The number of halogens is 2. The van der Waals surface area contributed by atoms with E-state index in [0.717, 1.165) is 19.3 Å². The van der Waals surface area contributed by atoms with Crippen LogP contribution in [0.2, 0.25) is 0 Å². The third-order valence-electron chi connectivity index (χ3n) is 2.20. The van der Waals surface area contributed by atoms with Crippen molar-refractivity contribution >= 4 is 35.1 Å². The van der Waals surface area contributed by atoms with E-state index in [1.54, 1.807) is 0 Å². The Bertz CT molecular complexity index is 256. The van der Waals surface area contributed by atoms with Crippen LogP contribution in [0.15, 0.2) is 0 Å². The molecule has 0 aliphatic heterocycles. The summed E-state index contributed by atoms with van der Waals surface area (Å²) in [7, 11) is 0. The van der Waals surface area contributed by atoms with Gasteiger partial charge in [0.05, 0.1) is 18.9 Å². The smallest absolute Gasteiger partial charge is 0.306 e. The number of hydrogen-bond donors (Lipinski definition) is 0. The van der Waals surface area contributed by atoms with E-state index >= 15 is 0 Å². The highest BCUT2D eigenvalue weighted by Gasteiger charge is 2.13. The van der Waals surface area contributed by atoms with E-state index in [1.807, 2.05) is 6.92 Å². The van der Waals surface area contributed by atoms with Gasteiger partial charge in [-0.3, -0.25) is 9.59 Å². The highest BCUT2D eigenvalue weighted by molar-refractivity contribution is 6.44. The van der Waals surface area contributed by atoms with Crippen molar-refractivity contribution in [1.82, 2.24) is 0 Å². The molecule has 18 heavy (non-hydrogen) atoms. The van der Waals surface area contributed by atoms with Gasteiger partial charge in [-0.05, 0) is 13.3 Å². The van der Waals surface area contributed by atoms with E-state index in [0.29, 0.717) is 0 Å². The molecule has 0 radical (unpaired) electrons. The first kappa shape index (κ1) is 17.5. The van der Waals surface area contributed by atoms with E-state index in [2.05, 4.69) is 6.92 Å². The standard InChI is InChI=1S/C12H20Cl2O4/c1-3-4-5-9(2)18-12(16)7-6-11(15)17-8-10(13)14/h9-10H,3-8H2,1-2H3. The van der Waals surface area contributed by atoms with Crippen LogP contribution in [0.25, 0.3) is 0 Å². The van der Waals surface area contributed by atoms with E-state index in [-0.39, 0.29) is 31.5 Å². The number of carbonyl (C=O) groups is 2. The molecule has 6 heteroatoms. The highest BCUT2D eigenvalue weighted by Crippen LogP contribution is 2.07. The molecular weight excluding hydrogens is 279 g/mol. The summed E-state index contributed by atoms with van der Waals surface area (Å²) in [6.07, 6.45) is 2.82. The van der Waals surface area contributed by atoms with E-state index < -0.39 is 10.8 Å². The predicted octanol–water partition coefficient (Wildman–Crippen LogP) is 3.24. The Hall–Kier alpha value is -0.480. The van der Waals surface area contributed by atoms with E-state index in [9.17, 15) is 9.59 Å². The molecule has 0 aromatic rings. The Balaban J connectivity index is 3.66. The third-order valence-corrected chi connectivity index (χ3v) is 2.45. The lowest BCUT2D eigenvalue weighted by atomic mass is 10.2. The van der Waals surface area contributed by atoms with Crippen molar-refractivity contribution in [2.24, 2.45) is 0 Å². The Morgan fingerprint density at radius 2 is 1.78 bits per heavy atom. The molecule has 0 fully saturated rings. The number of hydrogen-bond acceptors (Lipinski definition) is 4. The maximum Gasteiger partial charge on any atom is 0.306 e. The number of carbonyl (C=O) groups excluding carboxylic acids is 2. The van der Waals surface area contributed by atoms with Gasteiger partial charge in [0.15, 0.2) is 0 Å². The topological polar surface area (TPSA) is 52.6 Å². The number of ether oxygens (including phenoxy) is 2. The molecule has 1 unspecified atom stereocenters. The Morgan fingerprint density at radius 3 is 2.33 bits per heavy atom. The lowest BCUT2D eigenvalue weighted by Gasteiger charge is -2.12. The largest absolute Gasteiger partial charge is 0.463 e. The van der Waals surface area contributed by atoms with Crippen molar-refractivity contribution in [1.29, 1.82) is 0 Å². The maximum atomic E-state index is 11.4. The van der Waals surface area contributed by atoms with Crippen molar-refractivity contribution in [3.05, 3.63) is 0 Å². The molecule has 106 valence electrons. The Labute approximate surface area is 118 Å². The van der Waals surface area contributed by atoms with Crippen LogP contribution in [0.5, 0.6) is 0 Å². The zero-order valence-corrected chi connectivity index (χ0v) is 12.3. The van der Waals surface area contributed by atoms with E-state index in [1.165, 1.54) is 0 Å². The van der Waals surface area contributed by atoms with Crippen LogP contribution in [0.4, 0.5) is 0 Å². The first-order chi connectivity index (χ1) is 8.45. The zero-order valence-electron chi connectivity index (χ0n) is 10.8. The molecule has 0 aliphatic rings. The fourth-order valence-corrected chi connectivity index (χ4v) is 1.39. The second-order valence-electron chi connectivity index (χ2n) is 4.02. The average Bonchev–Trinajstić information content (AvgIpc) is 2.31. The van der Waals surface area contributed by atoms with Crippen molar-refractivity contribution in [2.45, 2.75) is 56.9 Å². The molecule has 0 bridgehead atoms. The molecule has 0 rings (SSSR count). The van der Waals surface area contributed by atoms with Crippen molar-refractivity contribution in [3.63, 3.8) is 0 Å². The van der Waals surface area contributed by atoms with Crippen LogP contribution in [-0.2, 0) is 19.1 Å². The van der Waals surface area contributed by atoms with Crippen LogP contribution in [0.1, 0.15) is 46.0 Å². The van der Waals surface area contributed by atoms with Crippen LogP contribution >= 0.6 is 23.2 Å². The average molecular weight is 299 g/mol. The summed E-state index contributed by atoms with van der Waals surface area (Å²) in [6.45, 7) is 3.85. The summed E-state index contributed by atoms with van der Waals surface area (Å²) >= 11 is 10.8. The van der Waals surface area contributed by atoms with Gasteiger partial charge in [0.25, 0.3) is 0 Å². The van der Waals surface area contributed by atoms with Gasteiger partial charge >= 0.3 is 11.9 Å². The maximum absolute atomic E-state index is 11.4. The molecule has 0 aromatic carbocycles. The second-order valence-corrected chi connectivity index (χ2v) is 5.29. The third kappa shape index (κ3) is 10.7. The highest BCUT2D eigenvalue weighted by atomic mass is 35.5. The lowest BCUT2D eigenvalue weighted by Crippen LogP contribution is -2.17. The number of unbranched alkanes of at least 4 members (excludes halogenated alkanes) is 1. The second kappa shape index (κ2) is 10.4. The molecule has 0 saturated carbocycles. The van der Waals surface area contributed by atoms with Crippen molar-refractivity contribution in [3.8, 4) is 0 Å². The fraction of sp³-hybridized carbons (Fsp3) is 0.833. The van der Waals surface area contributed by atoms with Gasteiger partial charge in [-0.1, -0.05) is 19.8 Å². The van der Waals surface area contributed by atoms with Crippen molar-refractivity contribution < 1.29 is 19.1 Å². The van der Waals surface area contributed by atoms with Gasteiger partial charge in [0, 0.05) is 0 Å². The lowest BCUT2D eigenvalue weighted by molar-refractivity contribution is -0.153. The van der Waals surface area contributed by atoms with Gasteiger partial charge in [-0.25, -0.2) is 0 Å². The minimum Gasteiger partial charge on any atom is -0.463 e. The quantitative estimate of drug-likeness (QED) is 0.484. The molecule has 0 heterocycles. The molecule has 1 atom stereocenters. The van der Waals surface area contributed by atoms with Crippen LogP contribution in [0, 0.1) is 0 Å². The number of alkyl halides is 2. The van der Waals surface area contributed by atoms with Crippen molar-refractivity contribution in [2.75, 3.05) is 6.61 Å². The minimum absolute atomic E-state index is 0.0141. The summed E-state index contributed by atoms with van der Waals surface area (Å²) in [6, 6.07) is 0. The summed E-state index contributed by atoms with van der Waals surface area (Å²) in [5.41, 5.74) is 0. The molecule has 0 aliphatic carbocycles. The molecule has 0 saturated heterocycles. The van der Waals surface area contributed by atoms with Gasteiger partial charge in [0.2, 0.25) is 0 Å². The van der Waals surface area contributed by atoms with Crippen LogP contribution in [-0.4, -0.2) is 29.5 Å². The van der Waals surface area contributed by atoms with Gasteiger partial charge in [-0.2, -0.15) is 0 Å². The molecule has 0 amide bonds. The van der Waals surface area contributed by atoms with Crippen LogP contribution < -0.4 is 0 Å². The Morgan fingerprint density at radius 1 is 1.17 bits per heavy atom. The van der Waals surface area contributed by atoms with E-state index in [4.69, 9.17) is 32.7 Å². The van der Waals surface area contributed by atoms with Gasteiger partial charge in [-0.15, -0.1) is 23.2 Å². The zero-order chi connectivity index (χ0) is 14.0. The molecular formula is C12H20Cl2O4. The Kier molecular flexibility index (Phi) is 10.2. The first-order valence-electron chi connectivity index (χ1n) is 6.09. The molecule has 4 nitrogen and oxygen atoms in total. The van der Waals surface area contributed by atoms with Gasteiger partial charge < -0.3 is 9.47 Å². The summed E-state index contributed by atoms with van der Waals surface area (Å²) in [5.74, 6) is -0.886. The molecule has 0 N–H and O–H groups in total. The summed E-state index contributed by atoms with van der Waals surface area (Å²) < 4.78 is 9.84. The molecule has 0 aromatic heterocycles. The SMILES string of the molecule is CCCCC(C)OC(=O)CCC(=O)OCC(Cl)Cl. The number of rotatable bonds is 9. The normalized spacial score (nSPS) is 12.3. The summed E-state index contributed by atoms with van der Waals surface area (Å²) in [4.78, 5) is 21.8. The first-order valence-corrected chi connectivity index (χ1v) is 6.96. The van der Waals surface area contributed by atoms with Crippen LogP contribution in [0.3, 0.4) is 0 Å². The fourth-order valence-electron chi connectivity index (χ4n) is 1.27. The monoisotopic (exact) mass is 298 g/mol. The summed E-state index contributed by atoms with van der Waals surface area (Å²) in [5, 5.41) is 0. The minimum atomic E-state index is -0.741. The molecule has 0 spiro atoms. The predicted molar refractivity (Wildman–Crippen MR) is 70.8 cm³/mol.